The summed E-state index contributed by atoms with van der Waals surface area (Å²) in [6.45, 7) is 7.71. The van der Waals surface area contributed by atoms with Crippen molar-refractivity contribution in [2.24, 2.45) is 11.7 Å². The number of hydrogen-bond acceptors (Lipinski definition) is 4. The third-order valence-electron chi connectivity index (χ3n) is 3.08. The van der Waals surface area contributed by atoms with E-state index in [4.69, 9.17) is 10.5 Å². The van der Waals surface area contributed by atoms with Crippen LogP contribution in [0.2, 0.25) is 0 Å². The van der Waals surface area contributed by atoms with Gasteiger partial charge in [-0.3, -0.25) is 4.90 Å². The molecule has 1 rings (SSSR count). The first-order chi connectivity index (χ1) is 7.17. The highest BCUT2D eigenvalue weighted by Crippen LogP contribution is 2.21. The lowest BCUT2D eigenvalue weighted by Gasteiger charge is -2.24. The van der Waals surface area contributed by atoms with Gasteiger partial charge in [0.25, 0.3) is 0 Å². The third-order valence-corrected chi connectivity index (χ3v) is 3.08. The van der Waals surface area contributed by atoms with Crippen molar-refractivity contribution in [3.63, 3.8) is 0 Å². The predicted octanol–water partition coefficient (Wildman–Crippen LogP) is 0.0529. The van der Waals surface area contributed by atoms with Gasteiger partial charge in [0.05, 0.1) is 12.7 Å². The van der Waals surface area contributed by atoms with Gasteiger partial charge in [-0.15, -0.1) is 0 Å². The second kappa shape index (κ2) is 6.43. The first-order valence-corrected chi connectivity index (χ1v) is 5.87. The standard InChI is InChI=1S/C11H24N2O2/c1-3-15-8-11(14)7-13-6-10(5-12)4-9(13)2/h9-11,14H,3-8,12H2,1-2H3. The van der Waals surface area contributed by atoms with Gasteiger partial charge in [-0.05, 0) is 32.7 Å². The monoisotopic (exact) mass is 216 g/mol. The largest absolute Gasteiger partial charge is 0.389 e. The summed E-state index contributed by atoms with van der Waals surface area (Å²) in [5, 5.41) is 9.72. The number of nitrogens with two attached hydrogens (primary N) is 1. The maximum absolute atomic E-state index is 9.72. The molecule has 1 heterocycles. The van der Waals surface area contributed by atoms with Crippen molar-refractivity contribution in [1.29, 1.82) is 0 Å². The molecule has 0 amide bonds. The second-order valence-corrected chi connectivity index (χ2v) is 4.45. The number of nitrogens with zero attached hydrogens (tertiary/aromatic N) is 1. The van der Waals surface area contributed by atoms with Crippen molar-refractivity contribution >= 4 is 0 Å². The first kappa shape index (κ1) is 12.9. The molecule has 0 aromatic heterocycles. The van der Waals surface area contributed by atoms with E-state index >= 15 is 0 Å². The van der Waals surface area contributed by atoms with E-state index in [9.17, 15) is 5.11 Å². The Hall–Kier alpha value is -0.160. The molecular weight excluding hydrogens is 192 g/mol. The minimum atomic E-state index is -0.371. The van der Waals surface area contributed by atoms with Crippen LogP contribution < -0.4 is 5.73 Å². The average molecular weight is 216 g/mol. The zero-order valence-corrected chi connectivity index (χ0v) is 9.85. The molecule has 4 nitrogen and oxygen atoms in total. The van der Waals surface area contributed by atoms with Gasteiger partial charge in [0.2, 0.25) is 0 Å². The summed E-state index contributed by atoms with van der Waals surface area (Å²) >= 11 is 0. The van der Waals surface area contributed by atoms with Crippen molar-refractivity contribution in [1.82, 2.24) is 4.90 Å². The van der Waals surface area contributed by atoms with Gasteiger partial charge >= 0.3 is 0 Å². The predicted molar refractivity (Wildman–Crippen MR) is 60.7 cm³/mol. The highest BCUT2D eigenvalue weighted by molar-refractivity contribution is 4.84. The van der Waals surface area contributed by atoms with Crippen molar-refractivity contribution < 1.29 is 9.84 Å². The van der Waals surface area contributed by atoms with Crippen LogP contribution in [0.15, 0.2) is 0 Å². The Kier molecular flexibility index (Phi) is 5.53. The van der Waals surface area contributed by atoms with Crippen molar-refractivity contribution in [3.05, 3.63) is 0 Å². The average Bonchev–Trinajstić information content (AvgIpc) is 2.57. The van der Waals surface area contributed by atoms with Crippen molar-refractivity contribution in [2.45, 2.75) is 32.4 Å². The number of ether oxygens (including phenoxy) is 1. The van der Waals surface area contributed by atoms with Crippen LogP contribution in [-0.4, -0.2) is 55.0 Å². The van der Waals surface area contributed by atoms with Gasteiger partial charge in [0, 0.05) is 25.7 Å². The maximum Gasteiger partial charge on any atom is 0.0900 e. The van der Waals surface area contributed by atoms with Crippen LogP contribution in [0, 0.1) is 5.92 Å². The van der Waals surface area contributed by atoms with E-state index in [-0.39, 0.29) is 6.10 Å². The summed E-state index contributed by atoms with van der Waals surface area (Å²) < 4.78 is 5.19. The number of rotatable bonds is 6. The topological polar surface area (TPSA) is 58.7 Å². The fourth-order valence-corrected chi connectivity index (χ4v) is 2.22. The fraction of sp³-hybridized carbons (Fsp3) is 1.00. The molecule has 0 aromatic rings. The number of aliphatic hydroxyl groups is 1. The third kappa shape index (κ3) is 4.07. The molecule has 0 bridgehead atoms. The summed E-state index contributed by atoms with van der Waals surface area (Å²) in [5.41, 5.74) is 5.66. The number of β-amino-alcohol motifs (C(OH)–C–C–N with tert-alkyl or cyclic N) is 1. The first-order valence-electron chi connectivity index (χ1n) is 5.87. The highest BCUT2D eigenvalue weighted by Gasteiger charge is 2.29. The number of aliphatic hydroxyl groups excluding tert-OH is 1. The molecular formula is C11H24N2O2. The smallest absolute Gasteiger partial charge is 0.0900 e. The molecule has 90 valence electrons. The van der Waals surface area contributed by atoms with Crippen LogP contribution in [0.5, 0.6) is 0 Å². The van der Waals surface area contributed by atoms with Crippen molar-refractivity contribution in [3.8, 4) is 0 Å². The zero-order valence-electron chi connectivity index (χ0n) is 9.85. The minimum Gasteiger partial charge on any atom is -0.389 e. The molecule has 0 aromatic carbocycles. The molecule has 4 heteroatoms. The van der Waals surface area contributed by atoms with Crippen LogP contribution in [0.25, 0.3) is 0 Å². The van der Waals surface area contributed by atoms with E-state index in [0.29, 0.717) is 31.7 Å². The van der Waals surface area contributed by atoms with E-state index < -0.39 is 0 Å². The molecule has 3 unspecified atom stereocenters. The fourth-order valence-electron chi connectivity index (χ4n) is 2.22. The molecule has 3 N–H and O–H groups in total. The maximum atomic E-state index is 9.72. The second-order valence-electron chi connectivity index (χ2n) is 4.45. The van der Waals surface area contributed by atoms with Crippen molar-refractivity contribution in [2.75, 3.05) is 32.8 Å². The quantitative estimate of drug-likeness (QED) is 0.659. The van der Waals surface area contributed by atoms with Gasteiger partial charge in [0.15, 0.2) is 0 Å². The Morgan fingerprint density at radius 1 is 1.60 bits per heavy atom. The lowest BCUT2D eigenvalue weighted by atomic mass is 10.1. The van der Waals surface area contributed by atoms with Crippen LogP contribution in [-0.2, 0) is 4.74 Å². The van der Waals surface area contributed by atoms with Crippen LogP contribution in [0.4, 0.5) is 0 Å². The highest BCUT2D eigenvalue weighted by atomic mass is 16.5. The van der Waals surface area contributed by atoms with Crippen LogP contribution >= 0.6 is 0 Å². The van der Waals surface area contributed by atoms with Gasteiger partial charge in [-0.25, -0.2) is 0 Å². The zero-order chi connectivity index (χ0) is 11.3. The van der Waals surface area contributed by atoms with Gasteiger partial charge in [-0.1, -0.05) is 0 Å². The van der Waals surface area contributed by atoms with Gasteiger partial charge in [-0.2, -0.15) is 0 Å². The Morgan fingerprint density at radius 2 is 2.33 bits per heavy atom. The molecule has 0 radical (unpaired) electrons. The van der Waals surface area contributed by atoms with Crippen LogP contribution in [0.1, 0.15) is 20.3 Å². The molecule has 3 atom stereocenters. The van der Waals surface area contributed by atoms with Gasteiger partial charge < -0.3 is 15.6 Å². The van der Waals surface area contributed by atoms with E-state index in [1.165, 1.54) is 0 Å². The van der Waals surface area contributed by atoms with E-state index in [1.54, 1.807) is 0 Å². The van der Waals surface area contributed by atoms with E-state index in [0.717, 1.165) is 19.5 Å². The molecule has 0 aliphatic carbocycles. The Morgan fingerprint density at radius 3 is 2.87 bits per heavy atom. The summed E-state index contributed by atoms with van der Waals surface area (Å²) in [4.78, 5) is 2.31. The van der Waals surface area contributed by atoms with E-state index in [2.05, 4.69) is 11.8 Å². The molecule has 1 saturated heterocycles. The number of hydrogen-bond donors (Lipinski definition) is 2. The molecule has 1 aliphatic heterocycles. The Bertz CT molecular complexity index is 178. The normalized spacial score (nSPS) is 29.6. The van der Waals surface area contributed by atoms with Crippen LogP contribution in [0.3, 0.4) is 0 Å². The lowest BCUT2D eigenvalue weighted by molar-refractivity contribution is 0.0195. The van der Waals surface area contributed by atoms with E-state index in [1.807, 2.05) is 6.92 Å². The SMILES string of the molecule is CCOCC(O)CN1CC(CN)CC1C. The summed E-state index contributed by atoms with van der Waals surface area (Å²) in [5.74, 6) is 0.597. The molecule has 0 saturated carbocycles. The summed E-state index contributed by atoms with van der Waals surface area (Å²) in [7, 11) is 0. The molecule has 0 spiro atoms. The summed E-state index contributed by atoms with van der Waals surface area (Å²) in [6.07, 6.45) is 0.779. The molecule has 15 heavy (non-hydrogen) atoms. The Balaban J connectivity index is 2.25. The molecule has 1 aliphatic rings. The lowest BCUT2D eigenvalue weighted by Crippen LogP contribution is -2.37. The summed E-state index contributed by atoms with van der Waals surface area (Å²) in [6, 6.07) is 0.537. The minimum absolute atomic E-state index is 0.371. The Labute approximate surface area is 92.4 Å². The molecule has 1 fully saturated rings. The van der Waals surface area contributed by atoms with Gasteiger partial charge in [0.1, 0.15) is 0 Å². The number of likely N-dealkylation sites (tertiary alicyclic amines) is 1.